The van der Waals surface area contributed by atoms with Crippen LogP contribution in [0.5, 0.6) is 5.75 Å². The molecule has 0 bridgehead atoms. The Morgan fingerprint density at radius 1 is 1.09 bits per heavy atom. The summed E-state index contributed by atoms with van der Waals surface area (Å²) in [5.74, 6) is -0.919. The number of likely N-dealkylation sites (tertiary alicyclic amines) is 1. The minimum absolute atomic E-state index is 0.0421. The lowest BCUT2D eigenvalue weighted by atomic mass is 9.98. The number of carbonyl (C=O) groups is 2. The number of rotatable bonds is 8. The smallest absolute Gasteiger partial charge is 0.295 e. The average molecular weight is 432 g/mol. The topological polar surface area (TPSA) is 97.6 Å². The van der Waals surface area contributed by atoms with E-state index in [-0.39, 0.29) is 11.3 Å². The van der Waals surface area contributed by atoms with Crippen LogP contribution in [0.4, 0.5) is 0 Å². The summed E-state index contributed by atoms with van der Waals surface area (Å²) in [6.45, 7) is 3.39. The molecule has 164 valence electrons. The van der Waals surface area contributed by atoms with Gasteiger partial charge in [0, 0.05) is 37.2 Å². The number of Topliss-reactive ketones (excluding diaryl/α,β-unsaturated/α-hetero) is 1. The van der Waals surface area contributed by atoms with E-state index < -0.39 is 17.7 Å². The SMILES string of the molecule is CCOc1ccc(C(O)=C2C(=O)C(=O)N(CCCn3ccnc3)[C@H]2c2ccccn2)cc1. The van der Waals surface area contributed by atoms with E-state index in [4.69, 9.17) is 4.74 Å². The van der Waals surface area contributed by atoms with Crippen LogP contribution in [0.3, 0.4) is 0 Å². The summed E-state index contributed by atoms with van der Waals surface area (Å²) in [5.41, 5.74) is 1.01. The van der Waals surface area contributed by atoms with Crippen molar-refractivity contribution in [1.82, 2.24) is 19.4 Å². The van der Waals surface area contributed by atoms with Crippen LogP contribution in [0.15, 0.2) is 73.0 Å². The Morgan fingerprint density at radius 3 is 2.56 bits per heavy atom. The van der Waals surface area contributed by atoms with E-state index in [1.807, 2.05) is 17.7 Å². The Bertz CT molecular complexity index is 1110. The summed E-state index contributed by atoms with van der Waals surface area (Å²) in [4.78, 5) is 35.8. The lowest BCUT2D eigenvalue weighted by Gasteiger charge is -2.24. The van der Waals surface area contributed by atoms with Crippen LogP contribution in [0.25, 0.3) is 5.76 Å². The molecule has 0 spiro atoms. The largest absolute Gasteiger partial charge is 0.507 e. The van der Waals surface area contributed by atoms with E-state index in [2.05, 4.69) is 9.97 Å². The molecule has 1 aromatic carbocycles. The summed E-state index contributed by atoms with van der Waals surface area (Å²) in [6, 6.07) is 11.3. The van der Waals surface area contributed by atoms with Crippen LogP contribution < -0.4 is 4.74 Å². The van der Waals surface area contributed by atoms with Crippen molar-refractivity contribution < 1.29 is 19.4 Å². The second kappa shape index (κ2) is 9.47. The third-order valence-electron chi connectivity index (χ3n) is 5.32. The fourth-order valence-electron chi connectivity index (χ4n) is 3.83. The Kier molecular flexibility index (Phi) is 6.30. The number of aromatic nitrogens is 3. The summed E-state index contributed by atoms with van der Waals surface area (Å²) in [7, 11) is 0. The Labute approximate surface area is 185 Å². The van der Waals surface area contributed by atoms with Crippen LogP contribution in [-0.4, -0.2) is 49.4 Å². The standard InChI is InChI=1S/C24H24N4O4/c1-2-32-18-9-7-17(8-10-18)22(29)20-21(19-6-3-4-11-26-19)28(24(31)23(20)30)14-5-13-27-15-12-25-16-27/h3-4,6-12,15-16,21,29H,2,5,13-14H2,1H3/t21-/m0/s1. The van der Waals surface area contributed by atoms with Crippen molar-refractivity contribution in [3.63, 3.8) is 0 Å². The number of aliphatic hydroxyl groups excluding tert-OH is 1. The van der Waals surface area contributed by atoms with Crippen molar-refractivity contribution >= 4 is 17.4 Å². The molecular formula is C24H24N4O4. The third-order valence-corrected chi connectivity index (χ3v) is 5.32. The average Bonchev–Trinajstić information content (AvgIpc) is 3.42. The first-order valence-electron chi connectivity index (χ1n) is 10.5. The molecule has 8 nitrogen and oxygen atoms in total. The van der Waals surface area contributed by atoms with Gasteiger partial charge in [-0.2, -0.15) is 0 Å². The Hall–Kier alpha value is -3.94. The highest BCUT2D eigenvalue weighted by Crippen LogP contribution is 2.38. The van der Waals surface area contributed by atoms with E-state index in [1.54, 1.807) is 61.2 Å². The fraction of sp³-hybridized carbons (Fsp3) is 0.250. The number of amides is 1. The Balaban J connectivity index is 1.68. The third kappa shape index (κ3) is 4.25. The maximum Gasteiger partial charge on any atom is 0.295 e. The van der Waals surface area contributed by atoms with Gasteiger partial charge in [0.2, 0.25) is 0 Å². The molecule has 1 N–H and O–H groups in total. The van der Waals surface area contributed by atoms with Gasteiger partial charge in [-0.05, 0) is 49.7 Å². The molecule has 1 aliphatic rings. The van der Waals surface area contributed by atoms with Crippen LogP contribution in [-0.2, 0) is 16.1 Å². The minimum atomic E-state index is -0.759. The highest BCUT2D eigenvalue weighted by molar-refractivity contribution is 6.46. The first-order valence-corrected chi connectivity index (χ1v) is 10.5. The van der Waals surface area contributed by atoms with Crippen molar-refractivity contribution in [2.24, 2.45) is 0 Å². The number of aryl methyl sites for hydroxylation is 1. The fourth-order valence-corrected chi connectivity index (χ4v) is 3.83. The number of hydrogen-bond acceptors (Lipinski definition) is 6. The molecule has 1 saturated heterocycles. The van der Waals surface area contributed by atoms with Gasteiger partial charge in [-0.3, -0.25) is 14.6 Å². The van der Waals surface area contributed by atoms with Crippen molar-refractivity contribution in [1.29, 1.82) is 0 Å². The van der Waals surface area contributed by atoms with Gasteiger partial charge in [-0.15, -0.1) is 0 Å². The molecule has 8 heteroatoms. The Morgan fingerprint density at radius 2 is 1.91 bits per heavy atom. The van der Waals surface area contributed by atoms with Crippen LogP contribution in [0, 0.1) is 0 Å². The number of carbonyl (C=O) groups excluding carboxylic acids is 2. The second-order valence-electron chi connectivity index (χ2n) is 7.36. The number of hydrogen-bond donors (Lipinski definition) is 1. The lowest BCUT2D eigenvalue weighted by molar-refractivity contribution is -0.140. The minimum Gasteiger partial charge on any atom is -0.507 e. The molecule has 1 fully saturated rings. The van der Waals surface area contributed by atoms with Gasteiger partial charge in [0.15, 0.2) is 0 Å². The molecule has 0 unspecified atom stereocenters. The predicted octanol–water partition coefficient (Wildman–Crippen LogP) is 3.19. The number of benzene rings is 1. The van der Waals surface area contributed by atoms with Gasteiger partial charge in [-0.1, -0.05) is 6.07 Å². The van der Waals surface area contributed by atoms with Gasteiger partial charge < -0.3 is 19.3 Å². The van der Waals surface area contributed by atoms with Gasteiger partial charge in [0.25, 0.3) is 11.7 Å². The normalized spacial score (nSPS) is 17.7. The number of ether oxygens (including phenoxy) is 1. The monoisotopic (exact) mass is 432 g/mol. The first kappa shape index (κ1) is 21.3. The molecule has 3 aromatic rings. The number of pyridine rings is 1. The molecule has 1 aliphatic heterocycles. The molecule has 32 heavy (non-hydrogen) atoms. The number of nitrogens with zero attached hydrogens (tertiary/aromatic N) is 4. The maximum atomic E-state index is 13.0. The zero-order valence-electron chi connectivity index (χ0n) is 17.7. The molecule has 0 radical (unpaired) electrons. The number of aliphatic hydroxyl groups is 1. The molecular weight excluding hydrogens is 408 g/mol. The highest BCUT2D eigenvalue weighted by atomic mass is 16.5. The number of imidazole rings is 1. The zero-order chi connectivity index (χ0) is 22.5. The maximum absolute atomic E-state index is 13.0. The molecule has 4 rings (SSSR count). The zero-order valence-corrected chi connectivity index (χ0v) is 17.7. The summed E-state index contributed by atoms with van der Waals surface area (Å²) >= 11 is 0. The molecule has 0 aliphatic carbocycles. The molecule has 3 heterocycles. The van der Waals surface area contributed by atoms with E-state index >= 15 is 0 Å². The van der Waals surface area contributed by atoms with Gasteiger partial charge in [-0.25, -0.2) is 4.98 Å². The lowest BCUT2D eigenvalue weighted by Crippen LogP contribution is -2.31. The van der Waals surface area contributed by atoms with E-state index in [0.29, 0.717) is 43.1 Å². The summed E-state index contributed by atoms with van der Waals surface area (Å²) in [5, 5.41) is 11.1. The molecule has 1 atom stereocenters. The highest BCUT2D eigenvalue weighted by Gasteiger charge is 2.46. The van der Waals surface area contributed by atoms with Gasteiger partial charge in [0.1, 0.15) is 17.6 Å². The predicted molar refractivity (Wildman–Crippen MR) is 118 cm³/mol. The van der Waals surface area contributed by atoms with Gasteiger partial charge in [0.05, 0.1) is 24.2 Å². The first-order chi connectivity index (χ1) is 15.6. The number of ketones is 1. The van der Waals surface area contributed by atoms with Crippen molar-refractivity contribution in [2.75, 3.05) is 13.2 Å². The van der Waals surface area contributed by atoms with Crippen molar-refractivity contribution in [3.05, 3.63) is 84.2 Å². The van der Waals surface area contributed by atoms with E-state index in [0.717, 1.165) is 0 Å². The van der Waals surface area contributed by atoms with Crippen LogP contribution in [0.2, 0.25) is 0 Å². The molecule has 0 saturated carbocycles. The van der Waals surface area contributed by atoms with Crippen molar-refractivity contribution in [2.45, 2.75) is 25.9 Å². The van der Waals surface area contributed by atoms with Gasteiger partial charge >= 0.3 is 0 Å². The van der Waals surface area contributed by atoms with Crippen LogP contribution >= 0.6 is 0 Å². The molecule has 1 amide bonds. The second-order valence-corrected chi connectivity index (χ2v) is 7.36. The summed E-state index contributed by atoms with van der Waals surface area (Å²) < 4.78 is 7.35. The van der Waals surface area contributed by atoms with E-state index in [9.17, 15) is 14.7 Å². The van der Waals surface area contributed by atoms with Crippen molar-refractivity contribution in [3.8, 4) is 5.75 Å². The quantitative estimate of drug-likeness (QED) is 0.334. The summed E-state index contributed by atoms with van der Waals surface area (Å²) in [6.07, 6.45) is 7.47. The van der Waals surface area contributed by atoms with E-state index in [1.165, 1.54) is 4.90 Å². The molecule has 2 aromatic heterocycles. The van der Waals surface area contributed by atoms with Crippen LogP contribution in [0.1, 0.15) is 30.6 Å².